The molecule has 0 bridgehead atoms. The minimum atomic E-state index is -0.337. The Labute approximate surface area is 180 Å². The van der Waals surface area contributed by atoms with Gasteiger partial charge in [-0.3, -0.25) is 4.79 Å². The van der Waals surface area contributed by atoms with Crippen molar-refractivity contribution in [3.05, 3.63) is 101 Å². The Bertz CT molecular complexity index is 1150. The van der Waals surface area contributed by atoms with E-state index in [9.17, 15) is 9.18 Å². The molecule has 4 nitrogen and oxygen atoms in total. The summed E-state index contributed by atoms with van der Waals surface area (Å²) in [6.07, 6.45) is 1.16. The zero-order valence-corrected chi connectivity index (χ0v) is 17.2. The summed E-state index contributed by atoms with van der Waals surface area (Å²) in [7, 11) is 1.64. The number of methoxy groups -OCH3 is 1. The van der Waals surface area contributed by atoms with E-state index in [4.69, 9.17) is 4.74 Å². The van der Waals surface area contributed by atoms with Crippen molar-refractivity contribution in [2.75, 3.05) is 17.7 Å². The van der Waals surface area contributed by atoms with E-state index in [0.29, 0.717) is 6.42 Å². The standard InChI is InChI=1S/C26H23FN2O2/c1-31-20-12-8-16(9-13-20)18-14-23-25(24(30)15-18)26(17-6-10-19(27)11-7-17)29-22-5-3-2-4-21(22)28-23/h2-13,18,26,28-29H,14-15H2,1H3/t18-,26+/m1/s1. The van der Waals surface area contributed by atoms with Crippen molar-refractivity contribution in [1.29, 1.82) is 0 Å². The average Bonchev–Trinajstić information content (AvgIpc) is 2.96. The van der Waals surface area contributed by atoms with Crippen molar-refractivity contribution in [3.8, 4) is 5.75 Å². The third kappa shape index (κ3) is 3.67. The van der Waals surface area contributed by atoms with Gasteiger partial charge in [0.15, 0.2) is 5.78 Å². The molecule has 0 spiro atoms. The van der Waals surface area contributed by atoms with Crippen LogP contribution < -0.4 is 15.4 Å². The molecule has 0 unspecified atom stereocenters. The summed E-state index contributed by atoms with van der Waals surface area (Å²) in [6, 6.07) is 21.9. The molecule has 1 aliphatic carbocycles. The topological polar surface area (TPSA) is 50.4 Å². The number of benzene rings is 3. The lowest BCUT2D eigenvalue weighted by molar-refractivity contribution is -0.116. The van der Waals surface area contributed by atoms with Crippen LogP contribution in [-0.2, 0) is 4.79 Å². The van der Waals surface area contributed by atoms with Crippen molar-refractivity contribution < 1.29 is 13.9 Å². The van der Waals surface area contributed by atoms with Crippen LogP contribution in [0.2, 0.25) is 0 Å². The average molecular weight is 414 g/mol. The number of ketones is 1. The van der Waals surface area contributed by atoms with Gasteiger partial charge < -0.3 is 15.4 Å². The predicted molar refractivity (Wildman–Crippen MR) is 120 cm³/mol. The molecule has 31 heavy (non-hydrogen) atoms. The van der Waals surface area contributed by atoms with Gasteiger partial charge in [-0.1, -0.05) is 36.4 Å². The fourth-order valence-corrected chi connectivity index (χ4v) is 4.51. The van der Waals surface area contributed by atoms with E-state index < -0.39 is 0 Å². The molecule has 0 saturated heterocycles. The summed E-state index contributed by atoms with van der Waals surface area (Å²) >= 11 is 0. The van der Waals surface area contributed by atoms with Crippen molar-refractivity contribution in [2.45, 2.75) is 24.8 Å². The maximum Gasteiger partial charge on any atom is 0.163 e. The molecule has 1 aliphatic heterocycles. The second-order valence-corrected chi connectivity index (χ2v) is 7.99. The van der Waals surface area contributed by atoms with Crippen LogP contribution in [0.3, 0.4) is 0 Å². The van der Waals surface area contributed by atoms with Gasteiger partial charge in [-0.15, -0.1) is 0 Å². The lowest BCUT2D eigenvalue weighted by Crippen LogP contribution is -2.26. The zero-order chi connectivity index (χ0) is 21.4. The summed E-state index contributed by atoms with van der Waals surface area (Å²) < 4.78 is 18.8. The Hall–Kier alpha value is -3.60. The second kappa shape index (κ2) is 7.91. The molecule has 0 fully saturated rings. The smallest absolute Gasteiger partial charge is 0.163 e. The monoisotopic (exact) mass is 414 g/mol. The van der Waals surface area contributed by atoms with Gasteiger partial charge in [0.1, 0.15) is 11.6 Å². The summed E-state index contributed by atoms with van der Waals surface area (Å²) in [5.41, 5.74) is 5.48. The van der Waals surface area contributed by atoms with E-state index in [-0.39, 0.29) is 23.6 Å². The van der Waals surface area contributed by atoms with E-state index in [1.807, 2.05) is 48.5 Å². The fraction of sp³-hybridized carbons (Fsp3) is 0.192. The Kier molecular flexibility index (Phi) is 4.94. The largest absolute Gasteiger partial charge is 0.497 e. The Morgan fingerprint density at radius 3 is 2.26 bits per heavy atom. The number of anilines is 2. The van der Waals surface area contributed by atoms with E-state index >= 15 is 0 Å². The number of ether oxygens (including phenoxy) is 1. The van der Waals surface area contributed by atoms with Crippen LogP contribution in [0.15, 0.2) is 84.1 Å². The van der Waals surface area contributed by atoms with Gasteiger partial charge in [-0.2, -0.15) is 0 Å². The molecular formula is C26H23FN2O2. The van der Waals surface area contributed by atoms with Crippen LogP contribution in [0.4, 0.5) is 15.8 Å². The van der Waals surface area contributed by atoms with Crippen LogP contribution in [-0.4, -0.2) is 12.9 Å². The number of hydrogen-bond acceptors (Lipinski definition) is 4. The molecule has 156 valence electrons. The van der Waals surface area contributed by atoms with Gasteiger partial charge in [-0.25, -0.2) is 4.39 Å². The van der Waals surface area contributed by atoms with E-state index in [1.54, 1.807) is 19.2 Å². The molecule has 2 aliphatic rings. The molecule has 2 atom stereocenters. The molecule has 1 heterocycles. The highest BCUT2D eigenvalue weighted by Gasteiger charge is 2.36. The van der Waals surface area contributed by atoms with Gasteiger partial charge >= 0.3 is 0 Å². The molecule has 5 heteroatoms. The van der Waals surface area contributed by atoms with Crippen molar-refractivity contribution in [2.24, 2.45) is 0 Å². The van der Waals surface area contributed by atoms with Crippen LogP contribution in [0, 0.1) is 5.82 Å². The number of hydrogen-bond donors (Lipinski definition) is 2. The minimum absolute atomic E-state index is 0.0868. The van der Waals surface area contributed by atoms with Crippen molar-refractivity contribution in [1.82, 2.24) is 0 Å². The van der Waals surface area contributed by atoms with E-state index in [2.05, 4.69) is 10.6 Å². The quantitative estimate of drug-likeness (QED) is 0.568. The van der Waals surface area contributed by atoms with Gasteiger partial charge in [0, 0.05) is 17.7 Å². The third-order valence-corrected chi connectivity index (χ3v) is 6.10. The number of fused-ring (bicyclic) bond motifs is 1. The molecule has 2 N–H and O–H groups in total. The van der Waals surface area contributed by atoms with Gasteiger partial charge in [0.2, 0.25) is 0 Å². The highest BCUT2D eigenvalue weighted by atomic mass is 19.1. The molecule has 3 aromatic rings. The maximum atomic E-state index is 13.6. The molecule has 0 aromatic heterocycles. The van der Waals surface area contributed by atoms with Gasteiger partial charge in [0.05, 0.1) is 24.5 Å². The first kappa shape index (κ1) is 19.4. The lowest BCUT2D eigenvalue weighted by atomic mass is 9.78. The Morgan fingerprint density at radius 1 is 0.871 bits per heavy atom. The van der Waals surface area contributed by atoms with E-state index in [0.717, 1.165) is 45.9 Å². The first-order chi connectivity index (χ1) is 15.1. The summed E-state index contributed by atoms with van der Waals surface area (Å²) in [5.74, 6) is 0.695. The first-order valence-electron chi connectivity index (χ1n) is 10.4. The summed E-state index contributed by atoms with van der Waals surface area (Å²) in [4.78, 5) is 13.5. The Balaban J connectivity index is 1.57. The van der Waals surface area contributed by atoms with Crippen molar-refractivity contribution >= 4 is 17.2 Å². The second-order valence-electron chi connectivity index (χ2n) is 7.99. The number of rotatable bonds is 3. The fourth-order valence-electron chi connectivity index (χ4n) is 4.51. The summed E-state index contributed by atoms with van der Waals surface area (Å²) in [5, 5.41) is 7.04. The number of carbonyl (C=O) groups is 1. The third-order valence-electron chi connectivity index (χ3n) is 6.10. The SMILES string of the molecule is COc1ccc([C@H]2CC(=O)C3=C(C2)Nc2ccccc2N[C@H]3c2ccc(F)cc2)cc1. The highest BCUT2D eigenvalue weighted by Crippen LogP contribution is 2.44. The number of halogens is 1. The van der Waals surface area contributed by atoms with Crippen LogP contribution >= 0.6 is 0 Å². The molecular weight excluding hydrogens is 391 g/mol. The first-order valence-corrected chi connectivity index (χ1v) is 10.4. The van der Waals surface area contributed by atoms with Crippen molar-refractivity contribution in [3.63, 3.8) is 0 Å². The van der Waals surface area contributed by atoms with E-state index in [1.165, 1.54) is 12.1 Å². The number of para-hydroxylation sites is 2. The van der Waals surface area contributed by atoms with Crippen LogP contribution in [0.25, 0.3) is 0 Å². The lowest BCUT2D eigenvalue weighted by Gasteiger charge is -2.30. The Morgan fingerprint density at radius 2 is 1.55 bits per heavy atom. The molecule has 0 saturated carbocycles. The zero-order valence-electron chi connectivity index (χ0n) is 17.2. The molecule has 5 rings (SSSR count). The maximum absolute atomic E-state index is 13.6. The normalized spacial score (nSPS) is 20.1. The molecule has 0 radical (unpaired) electrons. The highest BCUT2D eigenvalue weighted by molar-refractivity contribution is 6.01. The van der Waals surface area contributed by atoms with Gasteiger partial charge in [0.25, 0.3) is 0 Å². The minimum Gasteiger partial charge on any atom is -0.497 e. The predicted octanol–water partition coefficient (Wildman–Crippen LogP) is 5.81. The molecule has 0 amide bonds. The molecule has 3 aromatic carbocycles. The van der Waals surface area contributed by atoms with Crippen LogP contribution in [0.5, 0.6) is 5.75 Å². The number of carbonyl (C=O) groups excluding carboxylic acids is 1. The number of nitrogens with one attached hydrogen (secondary N) is 2. The number of Topliss-reactive ketones (excluding diaryl/α,β-unsaturated/α-hetero) is 1. The number of allylic oxidation sites excluding steroid dienone is 1. The van der Waals surface area contributed by atoms with Gasteiger partial charge in [-0.05, 0) is 59.9 Å². The summed E-state index contributed by atoms with van der Waals surface area (Å²) in [6.45, 7) is 0. The van der Waals surface area contributed by atoms with Crippen LogP contribution in [0.1, 0.15) is 35.9 Å².